The number of aryl methyl sites for hydroxylation is 1. The Labute approximate surface area is 117 Å². The minimum absolute atomic E-state index is 0.156. The molecule has 0 unspecified atom stereocenters. The number of hydrogen-bond donors (Lipinski definition) is 1. The predicted octanol–water partition coefficient (Wildman–Crippen LogP) is 2.57. The van der Waals surface area contributed by atoms with Gasteiger partial charge in [-0.1, -0.05) is 30.3 Å². The third-order valence-corrected chi connectivity index (χ3v) is 3.30. The summed E-state index contributed by atoms with van der Waals surface area (Å²) in [6.45, 7) is 2.55. The van der Waals surface area contributed by atoms with E-state index in [0.29, 0.717) is 12.2 Å². The largest absolute Gasteiger partial charge is 0.347 e. The van der Waals surface area contributed by atoms with Crippen molar-refractivity contribution in [3.8, 4) is 0 Å². The Bertz CT molecular complexity index is 728. The van der Waals surface area contributed by atoms with Crippen molar-refractivity contribution in [3.63, 3.8) is 0 Å². The van der Waals surface area contributed by atoms with Crippen LogP contribution in [-0.2, 0) is 6.54 Å². The highest BCUT2D eigenvalue weighted by Gasteiger charge is 2.10. The maximum atomic E-state index is 12.1. The highest BCUT2D eigenvalue weighted by Crippen LogP contribution is 2.08. The average molecular weight is 265 g/mol. The standard InChI is InChI=1S/C16H15N3O/c1-12-6-2-3-7-13(12)10-17-16(20)14-11-19-9-5-4-8-15(19)18-14/h2-9,11H,10H2,1H3,(H,17,20). The van der Waals surface area contributed by atoms with Gasteiger partial charge in [0.25, 0.3) is 5.91 Å². The maximum Gasteiger partial charge on any atom is 0.271 e. The molecule has 4 nitrogen and oxygen atoms in total. The number of nitrogens with zero attached hydrogens (tertiary/aromatic N) is 2. The molecule has 20 heavy (non-hydrogen) atoms. The molecule has 2 aromatic heterocycles. The highest BCUT2D eigenvalue weighted by atomic mass is 16.1. The number of rotatable bonds is 3. The third-order valence-electron chi connectivity index (χ3n) is 3.30. The van der Waals surface area contributed by atoms with Crippen molar-refractivity contribution in [2.75, 3.05) is 0 Å². The number of benzene rings is 1. The van der Waals surface area contributed by atoms with E-state index in [1.165, 1.54) is 5.56 Å². The van der Waals surface area contributed by atoms with Crippen molar-refractivity contribution in [1.29, 1.82) is 0 Å². The SMILES string of the molecule is Cc1ccccc1CNC(=O)c1cn2ccccc2n1. The van der Waals surface area contributed by atoms with Gasteiger partial charge in [0, 0.05) is 18.9 Å². The van der Waals surface area contributed by atoms with Crippen molar-refractivity contribution >= 4 is 11.6 Å². The van der Waals surface area contributed by atoms with Gasteiger partial charge in [0.2, 0.25) is 0 Å². The Kier molecular flexibility index (Phi) is 3.21. The van der Waals surface area contributed by atoms with Crippen LogP contribution in [0, 0.1) is 6.92 Å². The van der Waals surface area contributed by atoms with Crippen LogP contribution in [0.15, 0.2) is 54.9 Å². The molecule has 1 N–H and O–H groups in total. The second kappa shape index (κ2) is 5.17. The summed E-state index contributed by atoms with van der Waals surface area (Å²) in [5.74, 6) is -0.156. The van der Waals surface area contributed by atoms with Gasteiger partial charge in [-0.05, 0) is 30.2 Å². The van der Waals surface area contributed by atoms with E-state index in [4.69, 9.17) is 0 Å². The first-order valence-electron chi connectivity index (χ1n) is 6.50. The van der Waals surface area contributed by atoms with Gasteiger partial charge in [-0.2, -0.15) is 0 Å². The summed E-state index contributed by atoms with van der Waals surface area (Å²) in [6.07, 6.45) is 3.61. The van der Waals surface area contributed by atoms with Crippen LogP contribution in [0.3, 0.4) is 0 Å². The van der Waals surface area contributed by atoms with Crippen LogP contribution in [-0.4, -0.2) is 15.3 Å². The molecule has 0 saturated heterocycles. The molecule has 0 atom stereocenters. The number of amides is 1. The summed E-state index contributed by atoms with van der Waals surface area (Å²) in [4.78, 5) is 16.4. The van der Waals surface area contributed by atoms with Gasteiger partial charge in [-0.15, -0.1) is 0 Å². The van der Waals surface area contributed by atoms with E-state index in [0.717, 1.165) is 11.2 Å². The predicted molar refractivity (Wildman–Crippen MR) is 77.5 cm³/mol. The number of imidazole rings is 1. The molecule has 0 aliphatic heterocycles. The minimum Gasteiger partial charge on any atom is -0.347 e. The van der Waals surface area contributed by atoms with Crippen molar-refractivity contribution in [3.05, 3.63) is 71.7 Å². The number of carbonyl (C=O) groups excluding carboxylic acids is 1. The molecule has 0 spiro atoms. The average Bonchev–Trinajstić information content (AvgIpc) is 2.90. The topological polar surface area (TPSA) is 46.4 Å². The summed E-state index contributed by atoms with van der Waals surface area (Å²) in [7, 11) is 0. The van der Waals surface area contributed by atoms with Crippen molar-refractivity contribution in [2.45, 2.75) is 13.5 Å². The number of nitrogens with one attached hydrogen (secondary N) is 1. The lowest BCUT2D eigenvalue weighted by molar-refractivity contribution is 0.0946. The van der Waals surface area contributed by atoms with E-state index >= 15 is 0 Å². The number of aromatic nitrogens is 2. The quantitative estimate of drug-likeness (QED) is 0.791. The van der Waals surface area contributed by atoms with E-state index in [-0.39, 0.29) is 5.91 Å². The Morgan fingerprint density at radius 3 is 2.80 bits per heavy atom. The molecule has 0 aliphatic carbocycles. The Morgan fingerprint density at radius 2 is 2.00 bits per heavy atom. The molecule has 1 aromatic carbocycles. The number of hydrogen-bond acceptors (Lipinski definition) is 2. The van der Waals surface area contributed by atoms with Crippen molar-refractivity contribution in [1.82, 2.24) is 14.7 Å². The highest BCUT2D eigenvalue weighted by molar-refractivity contribution is 5.92. The Morgan fingerprint density at radius 1 is 1.20 bits per heavy atom. The van der Waals surface area contributed by atoms with Crippen LogP contribution in [0.25, 0.3) is 5.65 Å². The van der Waals surface area contributed by atoms with Gasteiger partial charge in [0.05, 0.1) is 0 Å². The molecule has 3 aromatic rings. The molecule has 0 saturated carbocycles. The summed E-state index contributed by atoms with van der Waals surface area (Å²) in [5.41, 5.74) is 3.49. The van der Waals surface area contributed by atoms with Gasteiger partial charge in [0.15, 0.2) is 0 Å². The lowest BCUT2D eigenvalue weighted by Crippen LogP contribution is -2.23. The molecule has 100 valence electrons. The first-order chi connectivity index (χ1) is 9.74. The molecular weight excluding hydrogens is 250 g/mol. The number of carbonyl (C=O) groups is 1. The second-order valence-electron chi connectivity index (χ2n) is 4.70. The van der Waals surface area contributed by atoms with E-state index < -0.39 is 0 Å². The summed E-state index contributed by atoms with van der Waals surface area (Å²) in [6, 6.07) is 13.7. The monoisotopic (exact) mass is 265 g/mol. The third kappa shape index (κ3) is 2.40. The first kappa shape index (κ1) is 12.4. The number of pyridine rings is 1. The molecule has 0 bridgehead atoms. The van der Waals surface area contributed by atoms with Crippen LogP contribution in [0.5, 0.6) is 0 Å². The zero-order chi connectivity index (χ0) is 13.9. The van der Waals surface area contributed by atoms with Crippen LogP contribution < -0.4 is 5.32 Å². The molecule has 0 radical (unpaired) electrons. The van der Waals surface area contributed by atoms with Gasteiger partial charge < -0.3 is 9.72 Å². The molecule has 0 aliphatic rings. The van der Waals surface area contributed by atoms with Gasteiger partial charge in [0.1, 0.15) is 11.3 Å². The van der Waals surface area contributed by atoms with Crippen LogP contribution in [0.4, 0.5) is 0 Å². The van der Waals surface area contributed by atoms with Gasteiger partial charge >= 0.3 is 0 Å². The lowest BCUT2D eigenvalue weighted by Gasteiger charge is -2.06. The smallest absolute Gasteiger partial charge is 0.271 e. The molecular formula is C16H15N3O. The molecule has 1 amide bonds. The first-order valence-corrected chi connectivity index (χ1v) is 6.50. The minimum atomic E-state index is -0.156. The molecule has 2 heterocycles. The Hall–Kier alpha value is -2.62. The molecule has 4 heteroatoms. The van der Waals surface area contributed by atoms with Crippen LogP contribution in [0.2, 0.25) is 0 Å². The van der Waals surface area contributed by atoms with Crippen molar-refractivity contribution in [2.24, 2.45) is 0 Å². The fourth-order valence-corrected chi connectivity index (χ4v) is 2.12. The van der Waals surface area contributed by atoms with Crippen molar-refractivity contribution < 1.29 is 4.79 Å². The van der Waals surface area contributed by atoms with Gasteiger partial charge in [-0.25, -0.2) is 4.98 Å². The van der Waals surface area contributed by atoms with Gasteiger partial charge in [-0.3, -0.25) is 4.79 Å². The second-order valence-corrected chi connectivity index (χ2v) is 4.70. The lowest BCUT2D eigenvalue weighted by atomic mass is 10.1. The Balaban J connectivity index is 1.75. The summed E-state index contributed by atoms with van der Waals surface area (Å²) >= 11 is 0. The maximum absolute atomic E-state index is 12.1. The number of fused-ring (bicyclic) bond motifs is 1. The van der Waals surface area contributed by atoms with E-state index in [1.807, 2.05) is 60.0 Å². The molecule has 3 rings (SSSR count). The summed E-state index contributed by atoms with van der Waals surface area (Å²) in [5, 5.41) is 2.90. The van der Waals surface area contributed by atoms with E-state index in [9.17, 15) is 4.79 Å². The normalized spacial score (nSPS) is 10.7. The zero-order valence-corrected chi connectivity index (χ0v) is 11.2. The van der Waals surface area contributed by atoms with Crippen LogP contribution in [0.1, 0.15) is 21.6 Å². The summed E-state index contributed by atoms with van der Waals surface area (Å²) < 4.78 is 1.84. The van der Waals surface area contributed by atoms with Crippen LogP contribution >= 0.6 is 0 Å². The fraction of sp³-hybridized carbons (Fsp3) is 0.125. The zero-order valence-electron chi connectivity index (χ0n) is 11.2. The fourth-order valence-electron chi connectivity index (χ4n) is 2.12. The molecule has 0 fully saturated rings. The van der Waals surface area contributed by atoms with E-state index in [2.05, 4.69) is 10.3 Å². The van der Waals surface area contributed by atoms with E-state index in [1.54, 1.807) is 6.20 Å².